The molecule has 0 spiro atoms. The Hall–Kier alpha value is -3.37. The van der Waals surface area contributed by atoms with Crippen LogP contribution in [0.15, 0.2) is 9.59 Å². The molecule has 1 fully saturated rings. The van der Waals surface area contributed by atoms with E-state index in [1.54, 1.807) is 0 Å². The Kier molecular flexibility index (Phi) is 7.01. The zero-order valence-corrected chi connectivity index (χ0v) is 18.1. The van der Waals surface area contributed by atoms with Crippen LogP contribution in [0, 0.1) is 0 Å². The number of carbonyl (C=O) groups excluding carboxylic acids is 2. The van der Waals surface area contributed by atoms with E-state index in [1.807, 2.05) is 0 Å². The molecule has 0 aromatic carbocycles. The maximum Gasteiger partial charge on any atom is 0.428 e. The van der Waals surface area contributed by atoms with Crippen LogP contribution in [-0.4, -0.2) is 55.5 Å². The Morgan fingerprint density at radius 2 is 1.86 bits per heavy atom. The minimum absolute atomic E-state index is 0.249. The van der Waals surface area contributed by atoms with Crippen molar-refractivity contribution < 1.29 is 45.4 Å². The van der Waals surface area contributed by atoms with Crippen molar-refractivity contribution in [3.05, 3.63) is 20.8 Å². The number of nitrogens with one attached hydrogen (secondary N) is 2. The number of amides is 1. The summed E-state index contributed by atoms with van der Waals surface area (Å²) in [5.74, 6) is -2.35. The predicted octanol–water partition coefficient (Wildman–Crippen LogP) is 1.97. The van der Waals surface area contributed by atoms with Crippen molar-refractivity contribution in [3.8, 4) is 0 Å². The van der Waals surface area contributed by atoms with Crippen LogP contribution in [0.3, 0.4) is 0 Å². The largest absolute Gasteiger partial charge is 0.450 e. The fraction of sp³-hybridized carbons (Fsp3) is 0.611. The highest BCUT2D eigenvalue weighted by atomic mass is 19.4. The third kappa shape index (κ3) is 5.83. The van der Waals surface area contributed by atoms with Gasteiger partial charge >= 0.3 is 24.0 Å². The van der Waals surface area contributed by atoms with Crippen molar-refractivity contribution in [1.29, 1.82) is 0 Å². The monoisotopic (exact) mass is 515 g/mol. The third-order valence-electron chi connectivity index (χ3n) is 5.00. The lowest BCUT2D eigenvalue weighted by molar-refractivity contribution is -0.247. The van der Waals surface area contributed by atoms with Gasteiger partial charge in [-0.25, -0.2) is 9.36 Å². The van der Waals surface area contributed by atoms with Crippen molar-refractivity contribution in [2.45, 2.75) is 70.4 Å². The molecule has 1 aliphatic heterocycles. The minimum Gasteiger partial charge on any atom is -0.450 e. The third-order valence-corrected chi connectivity index (χ3v) is 5.00. The molecule has 35 heavy (non-hydrogen) atoms. The molecule has 2 N–H and O–H groups in total. The number of alkyl halides is 6. The van der Waals surface area contributed by atoms with E-state index in [0.717, 1.165) is 13.8 Å². The van der Waals surface area contributed by atoms with Crippen LogP contribution in [0.4, 0.5) is 32.3 Å². The molecule has 0 saturated carbocycles. The smallest absolute Gasteiger partial charge is 0.428 e. The summed E-state index contributed by atoms with van der Waals surface area (Å²) in [6.07, 6.45) is -17.7. The Morgan fingerprint density at radius 1 is 1.20 bits per heavy atom. The molecule has 0 bridgehead atoms. The van der Waals surface area contributed by atoms with Crippen LogP contribution in [0.5, 0.6) is 0 Å². The first-order valence-electron chi connectivity index (χ1n) is 10.1. The van der Waals surface area contributed by atoms with Gasteiger partial charge in [0, 0.05) is 20.4 Å². The molecule has 17 heteroatoms. The number of fused-ring (bicyclic) bond motifs is 1. The molecule has 0 aliphatic carbocycles. The number of hydrogen-bond donors (Lipinski definition) is 2. The van der Waals surface area contributed by atoms with Gasteiger partial charge in [-0.2, -0.15) is 31.3 Å². The highest BCUT2D eigenvalue weighted by Gasteiger charge is 2.51. The molecule has 0 unspecified atom stereocenters. The first-order valence-corrected chi connectivity index (χ1v) is 10.1. The molecule has 2 aromatic heterocycles. The fourth-order valence-corrected chi connectivity index (χ4v) is 3.70. The molecular weight excluding hydrogens is 496 g/mol. The Balaban J connectivity index is 2.10. The molecule has 3 heterocycles. The highest BCUT2D eigenvalue weighted by molar-refractivity contribution is 5.87. The second-order valence-corrected chi connectivity index (χ2v) is 7.72. The van der Waals surface area contributed by atoms with Gasteiger partial charge in [0.1, 0.15) is 12.3 Å². The second kappa shape index (κ2) is 9.35. The number of anilines is 1. The first kappa shape index (κ1) is 26.2. The molecule has 1 amide bonds. The van der Waals surface area contributed by atoms with Gasteiger partial charge in [-0.1, -0.05) is 0 Å². The Labute approximate surface area is 191 Å². The number of nitrogens with zero attached hydrogens (tertiary/aromatic N) is 3. The predicted molar refractivity (Wildman–Crippen MR) is 104 cm³/mol. The lowest BCUT2D eigenvalue weighted by atomic mass is 10.1. The summed E-state index contributed by atoms with van der Waals surface area (Å²) >= 11 is 0. The fourth-order valence-electron chi connectivity index (χ4n) is 3.70. The van der Waals surface area contributed by atoms with E-state index in [9.17, 15) is 45.5 Å². The van der Waals surface area contributed by atoms with E-state index in [-0.39, 0.29) is 12.8 Å². The summed E-state index contributed by atoms with van der Waals surface area (Å²) in [6.45, 7) is 0.858. The number of imidazole rings is 1. The van der Waals surface area contributed by atoms with Crippen LogP contribution in [-0.2, 0) is 25.6 Å². The molecular formula is C18H19F6N5O6. The Bertz CT molecular complexity index is 1250. The molecule has 2 aromatic rings. The zero-order valence-electron chi connectivity index (χ0n) is 18.1. The summed E-state index contributed by atoms with van der Waals surface area (Å²) in [4.78, 5) is 54.1. The van der Waals surface area contributed by atoms with E-state index in [4.69, 9.17) is 4.74 Å². The SMILES string of the molecule is CC(=O)Nc1nc2c(c(=O)[nH]1)n(CCC(F)(F)F)c(=O)n2[C@H]1CC[C@@H]([C@@H](OC(C)=O)C(F)(F)F)O1. The van der Waals surface area contributed by atoms with Crippen molar-refractivity contribution in [2.24, 2.45) is 0 Å². The number of H-pyrrole nitrogens is 1. The number of ether oxygens (including phenoxy) is 2. The van der Waals surface area contributed by atoms with Crippen LogP contribution in [0.1, 0.15) is 39.3 Å². The average Bonchev–Trinajstić information content (AvgIpc) is 3.24. The minimum atomic E-state index is -5.01. The van der Waals surface area contributed by atoms with Crippen LogP contribution < -0.4 is 16.6 Å². The zero-order chi connectivity index (χ0) is 26.3. The summed E-state index contributed by atoms with van der Waals surface area (Å²) in [5, 5.41) is 2.15. The number of aromatic amines is 1. The van der Waals surface area contributed by atoms with Crippen LogP contribution in [0.2, 0.25) is 0 Å². The van der Waals surface area contributed by atoms with E-state index in [2.05, 4.69) is 20.0 Å². The van der Waals surface area contributed by atoms with Gasteiger partial charge in [-0.15, -0.1) is 0 Å². The number of carbonyl (C=O) groups is 2. The van der Waals surface area contributed by atoms with E-state index in [0.29, 0.717) is 9.13 Å². The van der Waals surface area contributed by atoms with Gasteiger partial charge in [0.2, 0.25) is 18.0 Å². The lowest BCUT2D eigenvalue weighted by Gasteiger charge is -2.25. The van der Waals surface area contributed by atoms with Gasteiger partial charge in [0.25, 0.3) is 5.56 Å². The van der Waals surface area contributed by atoms with Gasteiger partial charge in [0.15, 0.2) is 11.2 Å². The summed E-state index contributed by atoms with van der Waals surface area (Å²) in [6, 6.07) is 0. The molecule has 3 rings (SSSR count). The molecule has 11 nitrogen and oxygen atoms in total. The highest BCUT2D eigenvalue weighted by Crippen LogP contribution is 2.37. The maximum atomic E-state index is 13.4. The molecule has 194 valence electrons. The number of hydrogen-bond acceptors (Lipinski definition) is 7. The summed E-state index contributed by atoms with van der Waals surface area (Å²) < 4.78 is 89.4. The number of halogens is 6. The molecule has 0 radical (unpaired) electrons. The van der Waals surface area contributed by atoms with Gasteiger partial charge in [-0.3, -0.25) is 29.3 Å². The first-order chi connectivity index (χ1) is 16.1. The molecule has 1 saturated heterocycles. The molecule has 1 aliphatic rings. The van der Waals surface area contributed by atoms with Gasteiger partial charge in [-0.05, 0) is 12.8 Å². The number of rotatable bonds is 6. The second-order valence-electron chi connectivity index (χ2n) is 7.72. The number of aryl methyl sites for hydroxylation is 1. The van der Waals surface area contributed by atoms with Crippen molar-refractivity contribution >= 4 is 29.0 Å². The van der Waals surface area contributed by atoms with E-state index in [1.165, 1.54) is 0 Å². The van der Waals surface area contributed by atoms with E-state index >= 15 is 0 Å². The lowest BCUT2D eigenvalue weighted by Crippen LogP contribution is -2.43. The summed E-state index contributed by atoms with van der Waals surface area (Å²) in [7, 11) is 0. The van der Waals surface area contributed by atoms with E-state index < -0.39 is 84.0 Å². The van der Waals surface area contributed by atoms with Crippen molar-refractivity contribution in [2.75, 3.05) is 5.32 Å². The van der Waals surface area contributed by atoms with Crippen molar-refractivity contribution in [1.82, 2.24) is 19.1 Å². The van der Waals surface area contributed by atoms with Crippen LogP contribution >= 0.6 is 0 Å². The topological polar surface area (TPSA) is 137 Å². The van der Waals surface area contributed by atoms with Gasteiger partial charge in [0.05, 0.1) is 6.42 Å². The average molecular weight is 515 g/mol. The number of aromatic nitrogens is 4. The number of esters is 1. The van der Waals surface area contributed by atoms with Gasteiger partial charge < -0.3 is 9.47 Å². The quantitative estimate of drug-likeness (QED) is 0.443. The normalized spacial score (nSPS) is 19.7. The van der Waals surface area contributed by atoms with Crippen LogP contribution in [0.25, 0.3) is 11.2 Å². The van der Waals surface area contributed by atoms with Crippen molar-refractivity contribution in [3.63, 3.8) is 0 Å². The standard InChI is InChI=1S/C18H19F6N5O6/c1-7(30)25-15-26-13-11(14(32)27-15)28(6-5-17(19,20)21)16(33)29(13)10-4-3-9(35-10)12(18(22,23)24)34-8(2)31/h9-10,12H,3-6H2,1-2H3,(H2,25,26,27,30,32)/t9-,10+,12+/m0/s1. The maximum absolute atomic E-state index is 13.4. The molecule has 3 atom stereocenters. The Morgan fingerprint density at radius 3 is 2.40 bits per heavy atom. The summed E-state index contributed by atoms with van der Waals surface area (Å²) in [5.41, 5.74) is -3.36.